The van der Waals surface area contributed by atoms with Crippen LogP contribution in [0.1, 0.15) is 50.2 Å². The Morgan fingerprint density at radius 2 is 2.21 bits per heavy atom. The number of rotatable bonds is 4. The van der Waals surface area contributed by atoms with E-state index in [2.05, 4.69) is 31.3 Å². The van der Waals surface area contributed by atoms with Crippen LogP contribution in [0.2, 0.25) is 0 Å². The third-order valence-corrected chi connectivity index (χ3v) is 4.38. The highest BCUT2D eigenvalue weighted by Crippen LogP contribution is 2.29. The van der Waals surface area contributed by atoms with Gasteiger partial charge < -0.3 is 11.1 Å². The van der Waals surface area contributed by atoms with E-state index in [1.54, 1.807) is 0 Å². The minimum Gasteiger partial charge on any atom is -0.389 e. The van der Waals surface area contributed by atoms with Crippen LogP contribution in [0.5, 0.6) is 0 Å². The first-order chi connectivity index (χ1) is 9.10. The van der Waals surface area contributed by atoms with Crippen molar-refractivity contribution < 1.29 is 0 Å². The van der Waals surface area contributed by atoms with E-state index in [-0.39, 0.29) is 0 Å². The number of hydrogen-bond acceptors (Lipinski definition) is 2. The minimum absolute atomic E-state index is 0.477. The number of thiocarbonyl (C=S) groups is 1. The van der Waals surface area contributed by atoms with Gasteiger partial charge >= 0.3 is 0 Å². The van der Waals surface area contributed by atoms with E-state index in [4.69, 9.17) is 18.0 Å². The van der Waals surface area contributed by atoms with Crippen LogP contribution >= 0.6 is 12.2 Å². The summed E-state index contributed by atoms with van der Waals surface area (Å²) in [4.78, 5) is 0.477. The Balaban J connectivity index is 2.13. The quantitative estimate of drug-likeness (QED) is 0.816. The Morgan fingerprint density at radius 3 is 2.89 bits per heavy atom. The molecular formula is C16H24N2S. The van der Waals surface area contributed by atoms with Gasteiger partial charge in [-0.15, -0.1) is 0 Å². The third kappa shape index (κ3) is 3.69. The maximum absolute atomic E-state index is 5.81. The van der Waals surface area contributed by atoms with Gasteiger partial charge in [0.25, 0.3) is 0 Å². The van der Waals surface area contributed by atoms with Crippen molar-refractivity contribution in [1.82, 2.24) is 0 Å². The van der Waals surface area contributed by atoms with Crippen LogP contribution in [0, 0.1) is 12.8 Å². The van der Waals surface area contributed by atoms with Gasteiger partial charge in [0, 0.05) is 17.3 Å². The molecule has 1 aliphatic carbocycles. The molecule has 19 heavy (non-hydrogen) atoms. The Labute approximate surface area is 121 Å². The molecule has 0 aromatic heterocycles. The highest BCUT2D eigenvalue weighted by Gasteiger charge is 2.21. The van der Waals surface area contributed by atoms with E-state index >= 15 is 0 Å². The van der Waals surface area contributed by atoms with Crippen LogP contribution in [0.25, 0.3) is 0 Å². The summed E-state index contributed by atoms with van der Waals surface area (Å²) in [6.45, 7) is 4.39. The molecule has 1 aromatic rings. The van der Waals surface area contributed by atoms with Crippen molar-refractivity contribution in [2.24, 2.45) is 11.7 Å². The van der Waals surface area contributed by atoms with Crippen LogP contribution in [0.4, 0.5) is 5.69 Å². The lowest BCUT2D eigenvalue weighted by atomic mass is 9.84. The fourth-order valence-corrected chi connectivity index (χ4v) is 3.18. The Kier molecular flexibility index (Phi) is 4.81. The summed E-state index contributed by atoms with van der Waals surface area (Å²) in [6.07, 6.45) is 6.51. The van der Waals surface area contributed by atoms with Crippen LogP contribution in [0.3, 0.4) is 0 Å². The average molecular weight is 276 g/mol. The van der Waals surface area contributed by atoms with E-state index in [0.29, 0.717) is 11.0 Å². The molecule has 0 spiro atoms. The van der Waals surface area contributed by atoms with Crippen molar-refractivity contribution >= 4 is 22.9 Å². The second kappa shape index (κ2) is 6.38. The molecule has 1 aromatic carbocycles. The molecule has 0 bridgehead atoms. The molecule has 0 radical (unpaired) electrons. The van der Waals surface area contributed by atoms with Gasteiger partial charge in [0.2, 0.25) is 0 Å². The molecule has 1 fully saturated rings. The first-order valence-corrected chi connectivity index (χ1v) is 7.68. The number of nitrogens with one attached hydrogen (secondary N) is 1. The highest BCUT2D eigenvalue weighted by atomic mass is 32.1. The maximum atomic E-state index is 5.81. The largest absolute Gasteiger partial charge is 0.389 e. The van der Waals surface area contributed by atoms with E-state index in [1.807, 2.05) is 6.07 Å². The number of aryl methyl sites for hydroxylation is 1. The fraction of sp³-hybridized carbons (Fsp3) is 0.562. The lowest BCUT2D eigenvalue weighted by Crippen LogP contribution is -2.28. The lowest BCUT2D eigenvalue weighted by molar-refractivity contribution is 0.327. The van der Waals surface area contributed by atoms with Gasteiger partial charge in [-0.1, -0.05) is 44.5 Å². The normalized spacial score (nSPS) is 23.1. The molecule has 3 heteroatoms. The topological polar surface area (TPSA) is 38.0 Å². The monoisotopic (exact) mass is 276 g/mol. The predicted molar refractivity (Wildman–Crippen MR) is 86.7 cm³/mol. The molecule has 2 nitrogen and oxygen atoms in total. The lowest BCUT2D eigenvalue weighted by Gasteiger charge is -2.30. The number of anilines is 1. The molecule has 2 unspecified atom stereocenters. The SMILES string of the molecule is CCC1CCCC(Nc2cc(C)ccc2C(N)=S)C1. The molecule has 1 aliphatic rings. The second-order valence-corrected chi connectivity index (χ2v) is 6.14. The molecule has 0 saturated heterocycles. The first kappa shape index (κ1) is 14.3. The van der Waals surface area contributed by atoms with E-state index < -0.39 is 0 Å². The zero-order valence-electron chi connectivity index (χ0n) is 11.9. The summed E-state index contributed by atoms with van der Waals surface area (Å²) in [5, 5.41) is 3.67. The smallest absolute Gasteiger partial charge is 0.106 e. The van der Waals surface area contributed by atoms with Crippen molar-refractivity contribution in [3.05, 3.63) is 29.3 Å². The van der Waals surface area contributed by atoms with Crippen molar-refractivity contribution in [1.29, 1.82) is 0 Å². The van der Waals surface area contributed by atoms with Gasteiger partial charge in [0.05, 0.1) is 0 Å². The predicted octanol–water partition coefficient (Wildman–Crippen LogP) is 4.01. The Morgan fingerprint density at radius 1 is 1.42 bits per heavy atom. The standard InChI is InChI=1S/C16H24N2S/c1-3-12-5-4-6-13(10-12)18-15-9-11(2)7-8-14(15)16(17)19/h7-9,12-13,18H,3-6,10H2,1-2H3,(H2,17,19). The summed E-state index contributed by atoms with van der Waals surface area (Å²) in [6, 6.07) is 6.81. The molecule has 2 rings (SSSR count). The third-order valence-electron chi connectivity index (χ3n) is 4.16. The summed E-state index contributed by atoms with van der Waals surface area (Å²) in [5.41, 5.74) is 9.13. The zero-order chi connectivity index (χ0) is 13.8. The van der Waals surface area contributed by atoms with Crippen molar-refractivity contribution in [2.45, 2.75) is 52.0 Å². The number of nitrogens with two attached hydrogens (primary N) is 1. The molecule has 0 amide bonds. The summed E-state index contributed by atoms with van der Waals surface area (Å²) < 4.78 is 0. The van der Waals surface area contributed by atoms with Crippen LogP contribution in [-0.4, -0.2) is 11.0 Å². The van der Waals surface area contributed by atoms with Gasteiger partial charge in [-0.3, -0.25) is 0 Å². The van der Waals surface area contributed by atoms with E-state index in [1.165, 1.54) is 37.7 Å². The van der Waals surface area contributed by atoms with E-state index in [0.717, 1.165) is 17.2 Å². The minimum atomic E-state index is 0.477. The Hall–Kier alpha value is -1.09. The first-order valence-electron chi connectivity index (χ1n) is 7.27. The molecule has 0 heterocycles. The van der Waals surface area contributed by atoms with Gasteiger partial charge in [0.15, 0.2) is 0 Å². The van der Waals surface area contributed by atoms with Gasteiger partial charge in [-0.05, 0) is 43.4 Å². The van der Waals surface area contributed by atoms with Gasteiger partial charge in [-0.25, -0.2) is 0 Å². The van der Waals surface area contributed by atoms with Crippen molar-refractivity contribution in [2.75, 3.05) is 5.32 Å². The number of benzene rings is 1. The summed E-state index contributed by atoms with van der Waals surface area (Å²) >= 11 is 5.14. The fourth-order valence-electron chi connectivity index (χ4n) is 3.01. The van der Waals surface area contributed by atoms with Gasteiger partial charge in [0.1, 0.15) is 4.99 Å². The molecule has 1 saturated carbocycles. The molecule has 104 valence electrons. The Bertz CT molecular complexity index is 456. The highest BCUT2D eigenvalue weighted by molar-refractivity contribution is 7.80. The van der Waals surface area contributed by atoms with Crippen molar-refractivity contribution in [3.63, 3.8) is 0 Å². The molecule has 0 aliphatic heterocycles. The van der Waals surface area contributed by atoms with Crippen LogP contribution in [-0.2, 0) is 0 Å². The zero-order valence-corrected chi connectivity index (χ0v) is 12.7. The average Bonchev–Trinajstić information content (AvgIpc) is 2.38. The summed E-state index contributed by atoms with van der Waals surface area (Å²) in [7, 11) is 0. The van der Waals surface area contributed by atoms with E-state index in [9.17, 15) is 0 Å². The van der Waals surface area contributed by atoms with Crippen molar-refractivity contribution in [3.8, 4) is 0 Å². The maximum Gasteiger partial charge on any atom is 0.106 e. The van der Waals surface area contributed by atoms with Gasteiger partial charge in [-0.2, -0.15) is 0 Å². The summed E-state index contributed by atoms with van der Waals surface area (Å²) in [5.74, 6) is 0.865. The second-order valence-electron chi connectivity index (χ2n) is 5.70. The molecular weight excluding hydrogens is 252 g/mol. The van der Waals surface area contributed by atoms with Crippen LogP contribution < -0.4 is 11.1 Å². The number of hydrogen-bond donors (Lipinski definition) is 2. The molecule has 3 N–H and O–H groups in total. The molecule has 2 atom stereocenters. The van der Waals surface area contributed by atoms with Crippen LogP contribution in [0.15, 0.2) is 18.2 Å².